The van der Waals surface area contributed by atoms with Gasteiger partial charge in [0.05, 0.1) is 0 Å². The molecule has 0 saturated heterocycles. The van der Waals surface area contributed by atoms with Crippen LogP contribution >= 0.6 is 0 Å². The molecule has 0 aliphatic carbocycles. The van der Waals surface area contributed by atoms with Crippen molar-refractivity contribution in [2.45, 2.75) is 6.92 Å². The fourth-order valence-corrected chi connectivity index (χ4v) is 2.43. The molecule has 0 amide bonds. The Balaban J connectivity index is 1.80. The average molecular weight is 316 g/mol. The van der Waals surface area contributed by atoms with Gasteiger partial charge in [-0.15, -0.1) is 0 Å². The molecule has 0 radical (unpaired) electrons. The van der Waals surface area contributed by atoms with Crippen LogP contribution in [0.15, 0.2) is 72.8 Å². The largest absolute Gasteiger partial charge is 0.457 e. The minimum atomic E-state index is -0.0266. The third-order valence-corrected chi connectivity index (χ3v) is 3.83. The molecule has 0 aliphatic rings. The summed E-state index contributed by atoms with van der Waals surface area (Å²) in [5.41, 5.74) is 2.65. The number of aldehydes is 1. The van der Waals surface area contributed by atoms with Crippen LogP contribution in [0, 0.1) is 6.92 Å². The van der Waals surface area contributed by atoms with Crippen LogP contribution in [0.1, 0.15) is 31.8 Å². The third kappa shape index (κ3) is 3.25. The summed E-state index contributed by atoms with van der Waals surface area (Å²) in [6.07, 6.45) is 0.809. The summed E-state index contributed by atoms with van der Waals surface area (Å²) in [7, 11) is 0. The summed E-state index contributed by atoms with van der Waals surface area (Å²) in [5, 5.41) is 0. The van der Waals surface area contributed by atoms with Gasteiger partial charge in [0.25, 0.3) is 0 Å². The first kappa shape index (κ1) is 15.7. The van der Waals surface area contributed by atoms with E-state index in [0.717, 1.165) is 11.8 Å². The highest BCUT2D eigenvalue weighted by molar-refractivity contribution is 6.08. The topological polar surface area (TPSA) is 43.4 Å². The molecule has 0 N–H and O–H groups in total. The van der Waals surface area contributed by atoms with Gasteiger partial charge in [0, 0.05) is 22.3 Å². The summed E-state index contributed by atoms with van der Waals surface area (Å²) in [6.45, 7) is 1.84. The molecule has 3 aromatic rings. The van der Waals surface area contributed by atoms with E-state index in [-0.39, 0.29) is 5.78 Å². The van der Waals surface area contributed by atoms with E-state index in [1.54, 1.807) is 48.5 Å². The van der Waals surface area contributed by atoms with Gasteiger partial charge < -0.3 is 4.74 Å². The monoisotopic (exact) mass is 316 g/mol. The van der Waals surface area contributed by atoms with Crippen molar-refractivity contribution in [2.75, 3.05) is 0 Å². The van der Waals surface area contributed by atoms with Gasteiger partial charge in [0.2, 0.25) is 0 Å². The lowest BCUT2D eigenvalue weighted by molar-refractivity contribution is 0.103. The van der Waals surface area contributed by atoms with E-state index >= 15 is 0 Å². The highest BCUT2D eigenvalue weighted by Gasteiger charge is 2.09. The Morgan fingerprint density at radius 2 is 1.50 bits per heavy atom. The Bertz CT molecular complexity index is 865. The van der Waals surface area contributed by atoms with Crippen LogP contribution in [0.3, 0.4) is 0 Å². The first-order chi connectivity index (χ1) is 11.7. The van der Waals surface area contributed by atoms with E-state index in [4.69, 9.17) is 4.74 Å². The van der Waals surface area contributed by atoms with E-state index in [1.807, 2.05) is 31.2 Å². The maximum atomic E-state index is 12.4. The molecule has 0 heterocycles. The second-order valence-electron chi connectivity index (χ2n) is 5.41. The van der Waals surface area contributed by atoms with Crippen molar-refractivity contribution >= 4 is 12.1 Å². The molecule has 0 unspecified atom stereocenters. The molecule has 0 atom stereocenters. The number of carbonyl (C=O) groups is 2. The zero-order valence-corrected chi connectivity index (χ0v) is 13.2. The molecule has 3 nitrogen and oxygen atoms in total. The second kappa shape index (κ2) is 6.92. The predicted molar refractivity (Wildman–Crippen MR) is 93.0 cm³/mol. The molecule has 0 aromatic heterocycles. The standard InChI is InChI=1S/C21H16O3/c1-15-18(14-22)8-5-9-20(15)24-19-12-10-17(11-13-19)21(23)16-6-3-2-4-7-16/h2-14H,1H3. The summed E-state index contributed by atoms with van der Waals surface area (Å²) in [5.74, 6) is 1.22. The Labute approximate surface area is 140 Å². The molecule has 3 heteroatoms. The molecule has 3 rings (SSSR count). The normalized spacial score (nSPS) is 10.2. The van der Waals surface area contributed by atoms with Crippen molar-refractivity contribution in [3.8, 4) is 11.5 Å². The lowest BCUT2D eigenvalue weighted by Crippen LogP contribution is -2.00. The smallest absolute Gasteiger partial charge is 0.193 e. The van der Waals surface area contributed by atoms with E-state index < -0.39 is 0 Å². The van der Waals surface area contributed by atoms with Crippen molar-refractivity contribution in [1.82, 2.24) is 0 Å². The Kier molecular flexibility index (Phi) is 4.52. The number of hydrogen-bond donors (Lipinski definition) is 0. The van der Waals surface area contributed by atoms with Gasteiger partial charge in [-0.05, 0) is 37.3 Å². The Hall–Kier alpha value is -3.20. The number of benzene rings is 3. The van der Waals surface area contributed by atoms with Crippen LogP contribution in [0.5, 0.6) is 11.5 Å². The summed E-state index contributed by atoms with van der Waals surface area (Å²) in [6, 6.07) is 21.5. The number of rotatable bonds is 5. The summed E-state index contributed by atoms with van der Waals surface area (Å²) >= 11 is 0. The fourth-order valence-electron chi connectivity index (χ4n) is 2.43. The minimum Gasteiger partial charge on any atom is -0.457 e. The van der Waals surface area contributed by atoms with Crippen molar-refractivity contribution in [3.63, 3.8) is 0 Å². The van der Waals surface area contributed by atoms with Crippen LogP contribution in [-0.4, -0.2) is 12.1 Å². The maximum Gasteiger partial charge on any atom is 0.193 e. The van der Waals surface area contributed by atoms with Crippen LogP contribution in [-0.2, 0) is 0 Å². The Morgan fingerprint density at radius 3 is 2.17 bits per heavy atom. The highest BCUT2D eigenvalue weighted by atomic mass is 16.5. The lowest BCUT2D eigenvalue weighted by atomic mass is 10.0. The van der Waals surface area contributed by atoms with E-state index in [0.29, 0.717) is 28.2 Å². The van der Waals surface area contributed by atoms with Gasteiger partial charge in [-0.1, -0.05) is 42.5 Å². The van der Waals surface area contributed by atoms with Gasteiger partial charge in [0.15, 0.2) is 5.78 Å². The molecule has 0 bridgehead atoms. The van der Waals surface area contributed by atoms with Crippen molar-refractivity contribution < 1.29 is 14.3 Å². The zero-order chi connectivity index (χ0) is 16.9. The number of hydrogen-bond acceptors (Lipinski definition) is 3. The van der Waals surface area contributed by atoms with Crippen molar-refractivity contribution in [2.24, 2.45) is 0 Å². The van der Waals surface area contributed by atoms with Crippen LogP contribution < -0.4 is 4.74 Å². The first-order valence-electron chi connectivity index (χ1n) is 7.61. The van der Waals surface area contributed by atoms with E-state index in [1.165, 1.54) is 0 Å². The third-order valence-electron chi connectivity index (χ3n) is 3.83. The average Bonchev–Trinajstić information content (AvgIpc) is 2.64. The Morgan fingerprint density at radius 1 is 0.833 bits per heavy atom. The van der Waals surface area contributed by atoms with Crippen LogP contribution in [0.25, 0.3) is 0 Å². The van der Waals surface area contributed by atoms with Crippen molar-refractivity contribution in [3.05, 3.63) is 95.1 Å². The molecule has 0 aliphatic heterocycles. The zero-order valence-electron chi connectivity index (χ0n) is 13.2. The maximum absolute atomic E-state index is 12.4. The lowest BCUT2D eigenvalue weighted by Gasteiger charge is -2.10. The van der Waals surface area contributed by atoms with Gasteiger partial charge in [-0.3, -0.25) is 9.59 Å². The number of ether oxygens (including phenoxy) is 1. The molecule has 0 saturated carbocycles. The molecule has 24 heavy (non-hydrogen) atoms. The number of carbonyl (C=O) groups excluding carboxylic acids is 2. The quantitative estimate of drug-likeness (QED) is 0.500. The van der Waals surface area contributed by atoms with E-state index in [2.05, 4.69) is 0 Å². The molecule has 0 spiro atoms. The SMILES string of the molecule is Cc1c(C=O)cccc1Oc1ccc(C(=O)c2ccccc2)cc1. The summed E-state index contributed by atoms with van der Waals surface area (Å²) < 4.78 is 5.82. The molecular weight excluding hydrogens is 300 g/mol. The highest BCUT2D eigenvalue weighted by Crippen LogP contribution is 2.27. The van der Waals surface area contributed by atoms with Crippen molar-refractivity contribution in [1.29, 1.82) is 0 Å². The predicted octanol–water partition coefficient (Wildman–Crippen LogP) is 4.83. The molecule has 118 valence electrons. The fraction of sp³-hybridized carbons (Fsp3) is 0.0476. The second-order valence-corrected chi connectivity index (χ2v) is 5.41. The van der Waals surface area contributed by atoms with Gasteiger partial charge in [0.1, 0.15) is 17.8 Å². The minimum absolute atomic E-state index is 0.0266. The van der Waals surface area contributed by atoms with Crippen LogP contribution in [0.2, 0.25) is 0 Å². The molecule has 0 fully saturated rings. The van der Waals surface area contributed by atoms with Crippen LogP contribution in [0.4, 0.5) is 0 Å². The van der Waals surface area contributed by atoms with Gasteiger partial charge >= 0.3 is 0 Å². The van der Waals surface area contributed by atoms with E-state index in [9.17, 15) is 9.59 Å². The number of ketones is 1. The summed E-state index contributed by atoms with van der Waals surface area (Å²) in [4.78, 5) is 23.4. The van der Waals surface area contributed by atoms with Gasteiger partial charge in [-0.2, -0.15) is 0 Å². The first-order valence-corrected chi connectivity index (χ1v) is 7.61. The molecule has 3 aromatic carbocycles. The van der Waals surface area contributed by atoms with Gasteiger partial charge in [-0.25, -0.2) is 0 Å². The molecular formula is C21H16O3.